The number of alkyl halides is 1. The van der Waals surface area contributed by atoms with E-state index >= 15 is 0 Å². The minimum Gasteiger partial charge on any atom is -0.303 e. The first-order valence-corrected chi connectivity index (χ1v) is 5.61. The van der Waals surface area contributed by atoms with Crippen LogP contribution in [-0.4, -0.2) is 30.2 Å². The van der Waals surface area contributed by atoms with E-state index in [-0.39, 0.29) is 0 Å². The molecule has 2 heteroatoms. The van der Waals surface area contributed by atoms with Crippen molar-refractivity contribution in [2.75, 3.05) is 19.6 Å². The van der Waals surface area contributed by atoms with Gasteiger partial charge in [-0.1, -0.05) is 27.7 Å². The van der Waals surface area contributed by atoms with E-state index in [1.807, 2.05) is 20.8 Å². The van der Waals surface area contributed by atoms with Crippen molar-refractivity contribution >= 4 is 0 Å². The van der Waals surface area contributed by atoms with Gasteiger partial charge in [-0.25, -0.2) is 4.39 Å². The zero-order valence-corrected chi connectivity index (χ0v) is 9.57. The van der Waals surface area contributed by atoms with Crippen molar-refractivity contribution in [3.8, 4) is 0 Å². The SMILES string of the molecule is CC.CCN1CCC(F)(CC)CC1. The van der Waals surface area contributed by atoms with Gasteiger partial charge in [0.25, 0.3) is 0 Å². The van der Waals surface area contributed by atoms with E-state index < -0.39 is 5.67 Å². The van der Waals surface area contributed by atoms with Crippen LogP contribution in [0.5, 0.6) is 0 Å². The molecule has 1 fully saturated rings. The molecule has 0 aromatic heterocycles. The van der Waals surface area contributed by atoms with Crippen molar-refractivity contribution in [1.29, 1.82) is 0 Å². The van der Waals surface area contributed by atoms with Crippen molar-refractivity contribution < 1.29 is 4.39 Å². The average molecular weight is 189 g/mol. The summed E-state index contributed by atoms with van der Waals surface area (Å²) >= 11 is 0. The Bertz CT molecular complexity index is 117. The summed E-state index contributed by atoms with van der Waals surface area (Å²) in [6.45, 7) is 11.0. The Kier molecular flexibility index (Phi) is 6.31. The van der Waals surface area contributed by atoms with E-state index in [4.69, 9.17) is 0 Å². The highest BCUT2D eigenvalue weighted by molar-refractivity contribution is 4.84. The predicted molar refractivity (Wildman–Crippen MR) is 56.8 cm³/mol. The molecule has 0 aliphatic carbocycles. The average Bonchev–Trinajstić information content (AvgIpc) is 2.22. The maximum atomic E-state index is 13.6. The summed E-state index contributed by atoms with van der Waals surface area (Å²) in [4.78, 5) is 2.31. The second-order valence-corrected chi connectivity index (χ2v) is 3.44. The first-order chi connectivity index (χ1) is 6.20. The molecule has 13 heavy (non-hydrogen) atoms. The Morgan fingerprint density at radius 2 is 1.62 bits per heavy atom. The monoisotopic (exact) mass is 189 g/mol. The standard InChI is InChI=1S/C9H18FN.C2H6/c1-3-9(10)5-7-11(4-2)8-6-9;1-2/h3-8H2,1-2H3;1-2H3. The van der Waals surface area contributed by atoms with Gasteiger partial charge in [-0.15, -0.1) is 0 Å². The number of piperidine rings is 1. The van der Waals surface area contributed by atoms with Crippen LogP contribution in [0.15, 0.2) is 0 Å². The maximum Gasteiger partial charge on any atom is 0.113 e. The van der Waals surface area contributed by atoms with Crippen molar-refractivity contribution in [3.05, 3.63) is 0 Å². The molecule has 0 aromatic carbocycles. The van der Waals surface area contributed by atoms with Gasteiger partial charge >= 0.3 is 0 Å². The molecule has 1 rings (SSSR count). The Balaban J connectivity index is 0.000000671. The van der Waals surface area contributed by atoms with Gasteiger partial charge in [0.1, 0.15) is 5.67 Å². The molecule has 0 radical (unpaired) electrons. The Hall–Kier alpha value is -0.110. The lowest BCUT2D eigenvalue weighted by atomic mass is 9.91. The summed E-state index contributed by atoms with van der Waals surface area (Å²) in [6, 6.07) is 0. The van der Waals surface area contributed by atoms with E-state index in [0.717, 1.165) is 32.5 Å². The molecule has 0 atom stereocenters. The van der Waals surface area contributed by atoms with Crippen molar-refractivity contribution in [1.82, 2.24) is 4.90 Å². The lowest BCUT2D eigenvalue weighted by molar-refractivity contribution is 0.0575. The fourth-order valence-corrected chi connectivity index (χ4v) is 1.62. The second kappa shape index (κ2) is 6.36. The van der Waals surface area contributed by atoms with Gasteiger partial charge < -0.3 is 4.90 Å². The van der Waals surface area contributed by atoms with Crippen LogP contribution in [0.3, 0.4) is 0 Å². The van der Waals surface area contributed by atoms with Crippen LogP contribution >= 0.6 is 0 Å². The second-order valence-electron chi connectivity index (χ2n) is 3.44. The number of hydrogen-bond acceptors (Lipinski definition) is 1. The van der Waals surface area contributed by atoms with Crippen LogP contribution in [0.2, 0.25) is 0 Å². The lowest BCUT2D eigenvalue weighted by Gasteiger charge is -2.35. The number of halogens is 1. The predicted octanol–water partition coefficient (Wildman–Crippen LogP) is 3.25. The normalized spacial score (nSPS) is 21.9. The molecular weight excluding hydrogens is 165 g/mol. The van der Waals surface area contributed by atoms with Crippen LogP contribution in [0.4, 0.5) is 4.39 Å². The van der Waals surface area contributed by atoms with Gasteiger partial charge in [-0.2, -0.15) is 0 Å². The minimum absolute atomic E-state index is 0.685. The lowest BCUT2D eigenvalue weighted by Crippen LogP contribution is -2.41. The van der Waals surface area contributed by atoms with Crippen molar-refractivity contribution in [3.63, 3.8) is 0 Å². The quantitative estimate of drug-likeness (QED) is 0.644. The van der Waals surface area contributed by atoms with Crippen LogP contribution < -0.4 is 0 Å². The van der Waals surface area contributed by atoms with Gasteiger partial charge in [0, 0.05) is 13.1 Å². The third-order valence-electron chi connectivity index (χ3n) is 2.83. The van der Waals surface area contributed by atoms with E-state index in [9.17, 15) is 4.39 Å². The topological polar surface area (TPSA) is 3.24 Å². The zero-order valence-electron chi connectivity index (χ0n) is 9.57. The van der Waals surface area contributed by atoms with Crippen LogP contribution in [0.25, 0.3) is 0 Å². The Morgan fingerprint density at radius 3 is 1.92 bits per heavy atom. The minimum atomic E-state index is -0.842. The third kappa shape index (κ3) is 4.08. The zero-order chi connectivity index (χ0) is 10.3. The summed E-state index contributed by atoms with van der Waals surface area (Å²) in [5, 5.41) is 0. The summed E-state index contributed by atoms with van der Waals surface area (Å²) in [5.74, 6) is 0. The van der Waals surface area contributed by atoms with Gasteiger partial charge in [-0.05, 0) is 25.8 Å². The molecule has 80 valence electrons. The third-order valence-corrected chi connectivity index (χ3v) is 2.83. The van der Waals surface area contributed by atoms with Gasteiger partial charge in [0.15, 0.2) is 0 Å². The molecule has 1 saturated heterocycles. The molecular formula is C11H24FN. The molecule has 1 aliphatic heterocycles. The highest BCUT2D eigenvalue weighted by Crippen LogP contribution is 2.29. The first kappa shape index (κ1) is 12.9. The summed E-state index contributed by atoms with van der Waals surface area (Å²) in [7, 11) is 0. The number of likely N-dealkylation sites (tertiary alicyclic amines) is 1. The highest BCUT2D eigenvalue weighted by Gasteiger charge is 2.31. The summed E-state index contributed by atoms with van der Waals surface area (Å²) in [5.41, 5.74) is -0.842. The van der Waals surface area contributed by atoms with Crippen molar-refractivity contribution in [2.24, 2.45) is 0 Å². The van der Waals surface area contributed by atoms with Crippen molar-refractivity contribution in [2.45, 2.75) is 52.6 Å². The smallest absolute Gasteiger partial charge is 0.113 e. The van der Waals surface area contributed by atoms with E-state index in [1.54, 1.807) is 0 Å². The molecule has 1 aliphatic rings. The molecule has 0 N–H and O–H groups in total. The number of rotatable bonds is 2. The largest absolute Gasteiger partial charge is 0.303 e. The number of hydrogen-bond donors (Lipinski definition) is 0. The molecule has 0 amide bonds. The molecule has 0 spiro atoms. The van der Waals surface area contributed by atoms with Crippen LogP contribution in [0.1, 0.15) is 47.0 Å². The fraction of sp³-hybridized carbons (Fsp3) is 1.00. The van der Waals surface area contributed by atoms with Gasteiger partial charge in [0.2, 0.25) is 0 Å². The van der Waals surface area contributed by atoms with Gasteiger partial charge in [-0.3, -0.25) is 0 Å². The Morgan fingerprint density at radius 1 is 1.15 bits per heavy atom. The first-order valence-electron chi connectivity index (χ1n) is 5.61. The molecule has 1 heterocycles. The van der Waals surface area contributed by atoms with Crippen LogP contribution in [-0.2, 0) is 0 Å². The molecule has 0 saturated carbocycles. The fourth-order valence-electron chi connectivity index (χ4n) is 1.62. The Labute approximate surface area is 82.3 Å². The molecule has 0 aromatic rings. The van der Waals surface area contributed by atoms with Crippen LogP contribution in [0, 0.1) is 0 Å². The van der Waals surface area contributed by atoms with E-state index in [0.29, 0.717) is 6.42 Å². The summed E-state index contributed by atoms with van der Waals surface area (Å²) in [6.07, 6.45) is 2.15. The van der Waals surface area contributed by atoms with Gasteiger partial charge in [0.05, 0.1) is 0 Å². The highest BCUT2D eigenvalue weighted by atomic mass is 19.1. The number of nitrogens with zero attached hydrogens (tertiary/aromatic N) is 1. The molecule has 0 bridgehead atoms. The van der Waals surface area contributed by atoms with E-state index in [1.165, 1.54) is 0 Å². The summed E-state index contributed by atoms with van der Waals surface area (Å²) < 4.78 is 13.6. The van der Waals surface area contributed by atoms with E-state index in [2.05, 4.69) is 11.8 Å². The maximum absolute atomic E-state index is 13.6. The molecule has 0 unspecified atom stereocenters. The molecule has 1 nitrogen and oxygen atoms in total.